The summed E-state index contributed by atoms with van der Waals surface area (Å²) in [5.74, 6) is 0. The van der Waals surface area contributed by atoms with Gasteiger partial charge in [0.25, 0.3) is 0 Å². The highest BCUT2D eigenvalue weighted by atomic mass is 15.2. The van der Waals surface area contributed by atoms with Crippen molar-refractivity contribution in [1.82, 2.24) is 10.2 Å². The Labute approximate surface area is 130 Å². The summed E-state index contributed by atoms with van der Waals surface area (Å²) >= 11 is 0. The van der Waals surface area contributed by atoms with Crippen molar-refractivity contribution in [2.75, 3.05) is 20.1 Å². The first-order valence-electron chi connectivity index (χ1n) is 8.71. The van der Waals surface area contributed by atoms with E-state index < -0.39 is 0 Å². The van der Waals surface area contributed by atoms with Crippen LogP contribution in [0.15, 0.2) is 24.3 Å². The lowest BCUT2D eigenvalue weighted by Gasteiger charge is -2.32. The molecule has 118 valence electrons. The molecule has 2 heteroatoms. The summed E-state index contributed by atoms with van der Waals surface area (Å²) in [7, 11) is 2.32. The molecule has 21 heavy (non-hydrogen) atoms. The molecule has 0 amide bonds. The maximum atomic E-state index is 3.68. The second kappa shape index (κ2) is 8.55. The molecule has 1 unspecified atom stereocenters. The summed E-state index contributed by atoms with van der Waals surface area (Å²) in [6.45, 7) is 6.57. The molecule has 0 radical (unpaired) electrons. The van der Waals surface area contributed by atoms with E-state index in [1.54, 1.807) is 0 Å². The molecule has 1 fully saturated rings. The highest BCUT2D eigenvalue weighted by Gasteiger charge is 2.21. The minimum Gasteiger partial charge on any atom is -0.309 e. The maximum Gasteiger partial charge on any atom is 0.0451 e. The van der Waals surface area contributed by atoms with Crippen molar-refractivity contribution in [3.05, 3.63) is 35.4 Å². The van der Waals surface area contributed by atoms with Crippen LogP contribution in [0.1, 0.15) is 62.6 Å². The van der Waals surface area contributed by atoms with Crippen LogP contribution >= 0.6 is 0 Å². The fourth-order valence-electron chi connectivity index (χ4n) is 3.63. The number of aryl methyl sites for hydroxylation is 1. The van der Waals surface area contributed by atoms with E-state index in [4.69, 9.17) is 0 Å². The van der Waals surface area contributed by atoms with Crippen LogP contribution in [-0.4, -0.2) is 31.1 Å². The first kappa shape index (κ1) is 16.5. The maximum absolute atomic E-state index is 3.68. The topological polar surface area (TPSA) is 15.3 Å². The van der Waals surface area contributed by atoms with Crippen LogP contribution in [0.2, 0.25) is 0 Å². The SMILES string of the molecule is CCNC(CN(C)C1CCCCCC1)c1ccccc1C. The molecule has 2 nitrogen and oxygen atoms in total. The van der Waals surface area contributed by atoms with Gasteiger partial charge in [0.1, 0.15) is 0 Å². The molecule has 0 heterocycles. The van der Waals surface area contributed by atoms with Gasteiger partial charge >= 0.3 is 0 Å². The van der Waals surface area contributed by atoms with Crippen molar-refractivity contribution in [2.24, 2.45) is 0 Å². The lowest BCUT2D eigenvalue weighted by Crippen LogP contribution is -2.39. The zero-order chi connectivity index (χ0) is 15.1. The van der Waals surface area contributed by atoms with E-state index in [-0.39, 0.29) is 0 Å². The Morgan fingerprint density at radius 3 is 2.43 bits per heavy atom. The third-order valence-corrected chi connectivity index (χ3v) is 4.93. The van der Waals surface area contributed by atoms with E-state index in [1.165, 1.54) is 49.7 Å². The molecule has 1 saturated carbocycles. The van der Waals surface area contributed by atoms with Crippen molar-refractivity contribution in [3.63, 3.8) is 0 Å². The molecule has 0 saturated heterocycles. The predicted molar refractivity (Wildman–Crippen MR) is 91.7 cm³/mol. The van der Waals surface area contributed by atoms with Crippen molar-refractivity contribution in [3.8, 4) is 0 Å². The number of nitrogens with zero attached hydrogens (tertiary/aromatic N) is 1. The normalized spacial score (nSPS) is 18.7. The van der Waals surface area contributed by atoms with Crippen LogP contribution in [0.3, 0.4) is 0 Å². The van der Waals surface area contributed by atoms with Gasteiger partial charge in [0, 0.05) is 18.6 Å². The van der Waals surface area contributed by atoms with E-state index >= 15 is 0 Å². The van der Waals surface area contributed by atoms with Gasteiger partial charge in [-0.2, -0.15) is 0 Å². The Morgan fingerprint density at radius 2 is 1.81 bits per heavy atom. The largest absolute Gasteiger partial charge is 0.309 e. The van der Waals surface area contributed by atoms with Crippen LogP contribution in [0.25, 0.3) is 0 Å². The van der Waals surface area contributed by atoms with E-state index in [2.05, 4.69) is 55.4 Å². The number of hydrogen-bond donors (Lipinski definition) is 1. The van der Waals surface area contributed by atoms with Gasteiger partial charge in [-0.25, -0.2) is 0 Å². The van der Waals surface area contributed by atoms with Crippen LogP contribution < -0.4 is 5.32 Å². The van der Waals surface area contributed by atoms with Crippen LogP contribution in [-0.2, 0) is 0 Å². The molecule has 0 bridgehead atoms. The second-order valence-corrected chi connectivity index (χ2v) is 6.55. The molecular weight excluding hydrogens is 256 g/mol. The zero-order valence-corrected chi connectivity index (χ0v) is 14.1. The number of nitrogens with one attached hydrogen (secondary N) is 1. The Kier molecular flexibility index (Phi) is 6.72. The average Bonchev–Trinajstić information content (AvgIpc) is 2.76. The van der Waals surface area contributed by atoms with Crippen molar-refractivity contribution < 1.29 is 0 Å². The number of benzene rings is 1. The first-order valence-corrected chi connectivity index (χ1v) is 8.71. The summed E-state index contributed by atoms with van der Waals surface area (Å²) in [6, 6.07) is 10.0. The molecule has 1 aliphatic carbocycles. The van der Waals surface area contributed by atoms with Crippen molar-refractivity contribution in [2.45, 2.75) is 64.5 Å². The molecule has 1 aromatic rings. The van der Waals surface area contributed by atoms with E-state index in [0.29, 0.717) is 6.04 Å². The summed E-state index contributed by atoms with van der Waals surface area (Å²) in [4.78, 5) is 2.60. The number of rotatable bonds is 6. The van der Waals surface area contributed by atoms with Crippen molar-refractivity contribution >= 4 is 0 Å². The Morgan fingerprint density at radius 1 is 1.14 bits per heavy atom. The van der Waals surface area contributed by atoms with E-state index in [0.717, 1.165) is 19.1 Å². The minimum absolute atomic E-state index is 0.449. The molecule has 1 N–H and O–H groups in total. The zero-order valence-electron chi connectivity index (χ0n) is 14.1. The second-order valence-electron chi connectivity index (χ2n) is 6.55. The van der Waals surface area contributed by atoms with Crippen LogP contribution in [0.4, 0.5) is 0 Å². The molecule has 0 spiro atoms. The van der Waals surface area contributed by atoms with Crippen molar-refractivity contribution in [1.29, 1.82) is 0 Å². The molecule has 0 aliphatic heterocycles. The van der Waals surface area contributed by atoms with Gasteiger partial charge in [0.15, 0.2) is 0 Å². The van der Waals surface area contributed by atoms with Crippen LogP contribution in [0, 0.1) is 6.92 Å². The molecule has 2 rings (SSSR count). The van der Waals surface area contributed by atoms with E-state index in [9.17, 15) is 0 Å². The summed E-state index contributed by atoms with van der Waals surface area (Å²) in [5, 5.41) is 3.68. The van der Waals surface area contributed by atoms with Gasteiger partial charge in [-0.05, 0) is 44.5 Å². The highest BCUT2D eigenvalue weighted by molar-refractivity contribution is 5.29. The first-order chi connectivity index (χ1) is 10.2. The highest BCUT2D eigenvalue weighted by Crippen LogP contribution is 2.24. The van der Waals surface area contributed by atoms with Gasteiger partial charge < -0.3 is 10.2 Å². The Bertz CT molecular complexity index is 408. The van der Waals surface area contributed by atoms with Gasteiger partial charge in [0.2, 0.25) is 0 Å². The fourth-order valence-corrected chi connectivity index (χ4v) is 3.63. The Balaban J connectivity index is 2.03. The Hall–Kier alpha value is -0.860. The van der Waals surface area contributed by atoms with Gasteiger partial charge in [-0.3, -0.25) is 0 Å². The third-order valence-electron chi connectivity index (χ3n) is 4.93. The molecule has 0 aromatic heterocycles. The molecule has 1 aromatic carbocycles. The van der Waals surface area contributed by atoms with Gasteiger partial charge in [0.05, 0.1) is 0 Å². The standard InChI is InChI=1S/C19H32N2/c1-4-20-19(18-14-10-9-11-16(18)2)15-21(3)17-12-7-5-6-8-13-17/h9-11,14,17,19-20H,4-8,12-13,15H2,1-3H3. The monoisotopic (exact) mass is 288 g/mol. The minimum atomic E-state index is 0.449. The lowest BCUT2D eigenvalue weighted by atomic mass is 9.99. The molecule has 1 atom stereocenters. The summed E-state index contributed by atoms with van der Waals surface area (Å²) in [6.07, 6.45) is 8.43. The number of likely N-dealkylation sites (N-methyl/N-ethyl adjacent to an activating group) is 2. The third kappa shape index (κ3) is 4.82. The van der Waals surface area contributed by atoms with Gasteiger partial charge in [-0.15, -0.1) is 0 Å². The average molecular weight is 288 g/mol. The predicted octanol–water partition coefficient (Wildman–Crippen LogP) is 4.30. The van der Waals surface area contributed by atoms with Crippen LogP contribution in [0.5, 0.6) is 0 Å². The van der Waals surface area contributed by atoms with E-state index in [1.807, 2.05) is 0 Å². The molecular formula is C19H32N2. The number of hydrogen-bond acceptors (Lipinski definition) is 2. The smallest absolute Gasteiger partial charge is 0.0451 e. The summed E-state index contributed by atoms with van der Waals surface area (Å²) < 4.78 is 0. The molecule has 1 aliphatic rings. The quantitative estimate of drug-likeness (QED) is 0.785. The lowest BCUT2D eigenvalue weighted by molar-refractivity contribution is 0.199. The van der Waals surface area contributed by atoms with Gasteiger partial charge in [-0.1, -0.05) is 56.9 Å². The summed E-state index contributed by atoms with van der Waals surface area (Å²) in [5.41, 5.74) is 2.86. The fraction of sp³-hybridized carbons (Fsp3) is 0.684.